The summed E-state index contributed by atoms with van der Waals surface area (Å²) in [5.41, 5.74) is 2.05. The van der Waals surface area contributed by atoms with Crippen LogP contribution in [0.15, 0.2) is 24.4 Å². The van der Waals surface area contributed by atoms with Crippen molar-refractivity contribution in [1.82, 2.24) is 4.98 Å². The Kier molecular flexibility index (Phi) is 2.72. The number of hydrogen-bond donors (Lipinski definition) is 1. The van der Waals surface area contributed by atoms with Gasteiger partial charge in [-0.25, -0.2) is 0 Å². The van der Waals surface area contributed by atoms with Crippen LogP contribution in [0.5, 0.6) is 5.75 Å². The fourth-order valence-corrected chi connectivity index (χ4v) is 1.67. The summed E-state index contributed by atoms with van der Waals surface area (Å²) in [6, 6.07) is 5.86. The molecule has 0 spiro atoms. The Morgan fingerprint density at radius 1 is 1.47 bits per heavy atom. The van der Waals surface area contributed by atoms with E-state index in [0.29, 0.717) is 13.0 Å². The van der Waals surface area contributed by atoms with Crippen LogP contribution in [0.25, 0.3) is 10.9 Å². The lowest BCUT2D eigenvalue weighted by atomic mass is 10.1. The summed E-state index contributed by atoms with van der Waals surface area (Å²) in [4.78, 5) is 13.6. The zero-order valence-corrected chi connectivity index (χ0v) is 8.62. The lowest BCUT2D eigenvalue weighted by Crippen LogP contribution is -1.91. The number of aromatic amines is 1. The molecule has 0 atom stereocenters. The lowest BCUT2D eigenvalue weighted by Gasteiger charge is -2.02. The summed E-state index contributed by atoms with van der Waals surface area (Å²) in [5, 5.41) is 1.06. The first-order valence-corrected chi connectivity index (χ1v) is 5.01. The minimum Gasteiger partial charge on any atom is -0.494 e. The fraction of sp³-hybridized carbons (Fsp3) is 0.250. The highest BCUT2D eigenvalue weighted by Crippen LogP contribution is 2.23. The number of hydrogen-bond acceptors (Lipinski definition) is 2. The normalized spacial score (nSPS) is 10.5. The van der Waals surface area contributed by atoms with Crippen molar-refractivity contribution in [2.24, 2.45) is 0 Å². The van der Waals surface area contributed by atoms with Crippen molar-refractivity contribution in [3.8, 4) is 5.75 Å². The van der Waals surface area contributed by atoms with Crippen molar-refractivity contribution >= 4 is 17.2 Å². The van der Waals surface area contributed by atoms with Gasteiger partial charge in [-0.05, 0) is 30.7 Å². The molecule has 0 radical (unpaired) electrons. The number of carbonyl (C=O) groups excluding carboxylic acids is 1. The van der Waals surface area contributed by atoms with Crippen LogP contribution in [0.2, 0.25) is 0 Å². The van der Waals surface area contributed by atoms with Crippen molar-refractivity contribution in [2.45, 2.75) is 13.3 Å². The van der Waals surface area contributed by atoms with Gasteiger partial charge in [-0.3, -0.25) is 0 Å². The van der Waals surface area contributed by atoms with E-state index in [2.05, 4.69) is 4.98 Å². The fourth-order valence-electron chi connectivity index (χ4n) is 1.67. The van der Waals surface area contributed by atoms with Crippen LogP contribution in [0, 0.1) is 0 Å². The number of nitrogens with one attached hydrogen (secondary N) is 1. The summed E-state index contributed by atoms with van der Waals surface area (Å²) in [6.07, 6.45) is 3.22. The Balaban J connectivity index is 2.46. The number of carbonyl (C=O) groups is 1. The number of H-pyrrole nitrogens is 1. The van der Waals surface area contributed by atoms with Crippen LogP contribution < -0.4 is 4.74 Å². The van der Waals surface area contributed by atoms with E-state index in [0.717, 1.165) is 28.5 Å². The maximum absolute atomic E-state index is 10.5. The standard InChI is InChI=1S/C12H13NO2/c1-2-15-10-3-4-12-11(7-10)9(5-6-14)8-13-12/h3-4,6-8,13H,2,5H2,1H3. The van der Waals surface area contributed by atoms with Crippen molar-refractivity contribution in [2.75, 3.05) is 6.61 Å². The highest BCUT2D eigenvalue weighted by atomic mass is 16.5. The van der Waals surface area contributed by atoms with Crippen molar-refractivity contribution in [3.05, 3.63) is 30.0 Å². The van der Waals surface area contributed by atoms with Gasteiger partial charge < -0.3 is 14.5 Å². The molecule has 3 heteroatoms. The Morgan fingerprint density at radius 3 is 3.07 bits per heavy atom. The molecule has 0 saturated carbocycles. The second kappa shape index (κ2) is 4.17. The van der Waals surface area contributed by atoms with E-state index in [1.54, 1.807) is 0 Å². The molecule has 2 rings (SSSR count). The van der Waals surface area contributed by atoms with Gasteiger partial charge >= 0.3 is 0 Å². The maximum atomic E-state index is 10.5. The number of aromatic nitrogens is 1. The molecule has 0 saturated heterocycles. The van der Waals surface area contributed by atoms with Crippen LogP contribution >= 0.6 is 0 Å². The summed E-state index contributed by atoms with van der Waals surface area (Å²) >= 11 is 0. The van der Waals surface area contributed by atoms with Gasteiger partial charge in [0, 0.05) is 23.5 Å². The first-order valence-electron chi connectivity index (χ1n) is 5.01. The highest BCUT2D eigenvalue weighted by Gasteiger charge is 2.04. The third-order valence-electron chi connectivity index (χ3n) is 2.35. The second-order valence-corrected chi connectivity index (χ2v) is 3.33. The van der Waals surface area contributed by atoms with E-state index in [1.807, 2.05) is 31.3 Å². The van der Waals surface area contributed by atoms with Gasteiger partial charge in [0.15, 0.2) is 0 Å². The minimum atomic E-state index is 0.440. The van der Waals surface area contributed by atoms with Crippen LogP contribution in [0.1, 0.15) is 12.5 Å². The third kappa shape index (κ3) is 1.86. The summed E-state index contributed by atoms with van der Waals surface area (Å²) in [6.45, 7) is 2.60. The third-order valence-corrected chi connectivity index (χ3v) is 2.35. The topological polar surface area (TPSA) is 42.1 Å². The summed E-state index contributed by atoms with van der Waals surface area (Å²) < 4.78 is 5.41. The van der Waals surface area contributed by atoms with Gasteiger partial charge in [-0.2, -0.15) is 0 Å². The number of ether oxygens (including phenoxy) is 1. The quantitative estimate of drug-likeness (QED) is 0.775. The van der Waals surface area contributed by atoms with Gasteiger partial charge in [-0.1, -0.05) is 0 Å². The zero-order valence-electron chi connectivity index (χ0n) is 8.62. The van der Waals surface area contributed by atoms with E-state index in [1.165, 1.54) is 0 Å². The summed E-state index contributed by atoms with van der Waals surface area (Å²) in [5.74, 6) is 0.844. The molecule has 78 valence electrons. The first-order chi connectivity index (χ1) is 7.35. The van der Waals surface area contributed by atoms with Crippen LogP contribution in [-0.2, 0) is 11.2 Å². The zero-order chi connectivity index (χ0) is 10.7. The molecule has 0 unspecified atom stereocenters. The molecule has 1 heterocycles. The predicted molar refractivity (Wildman–Crippen MR) is 59.2 cm³/mol. The SMILES string of the molecule is CCOc1ccc2[nH]cc(CC=O)c2c1. The Labute approximate surface area is 88.1 Å². The van der Waals surface area contributed by atoms with E-state index in [-0.39, 0.29) is 0 Å². The molecule has 2 aromatic rings. The van der Waals surface area contributed by atoms with Crippen molar-refractivity contribution in [3.63, 3.8) is 0 Å². The Bertz CT molecular complexity index is 473. The highest BCUT2D eigenvalue weighted by molar-refractivity contribution is 5.86. The Hall–Kier alpha value is -1.77. The monoisotopic (exact) mass is 203 g/mol. The van der Waals surface area contributed by atoms with Crippen molar-refractivity contribution in [1.29, 1.82) is 0 Å². The van der Waals surface area contributed by atoms with Crippen LogP contribution in [0.3, 0.4) is 0 Å². The van der Waals surface area contributed by atoms with E-state index >= 15 is 0 Å². The van der Waals surface area contributed by atoms with E-state index in [4.69, 9.17) is 4.74 Å². The summed E-state index contributed by atoms with van der Waals surface area (Å²) in [7, 11) is 0. The van der Waals surface area contributed by atoms with E-state index in [9.17, 15) is 4.79 Å². The van der Waals surface area contributed by atoms with Crippen LogP contribution in [-0.4, -0.2) is 17.9 Å². The minimum absolute atomic E-state index is 0.440. The first kappa shape index (κ1) is 9.77. The van der Waals surface area contributed by atoms with Crippen molar-refractivity contribution < 1.29 is 9.53 Å². The second-order valence-electron chi connectivity index (χ2n) is 3.33. The lowest BCUT2D eigenvalue weighted by molar-refractivity contribution is -0.107. The van der Waals surface area contributed by atoms with E-state index < -0.39 is 0 Å². The molecule has 0 amide bonds. The molecule has 1 aromatic heterocycles. The smallest absolute Gasteiger partial charge is 0.124 e. The molecule has 0 aliphatic rings. The number of benzene rings is 1. The molecule has 0 aliphatic carbocycles. The molecular formula is C12H13NO2. The molecular weight excluding hydrogens is 190 g/mol. The molecule has 3 nitrogen and oxygen atoms in total. The van der Waals surface area contributed by atoms with Gasteiger partial charge in [0.2, 0.25) is 0 Å². The number of rotatable bonds is 4. The maximum Gasteiger partial charge on any atom is 0.124 e. The van der Waals surface area contributed by atoms with Gasteiger partial charge in [0.1, 0.15) is 12.0 Å². The Morgan fingerprint density at radius 2 is 2.33 bits per heavy atom. The molecule has 0 aliphatic heterocycles. The largest absolute Gasteiger partial charge is 0.494 e. The molecule has 15 heavy (non-hydrogen) atoms. The van der Waals surface area contributed by atoms with Gasteiger partial charge in [0.05, 0.1) is 6.61 Å². The number of fused-ring (bicyclic) bond motifs is 1. The van der Waals surface area contributed by atoms with Gasteiger partial charge in [0.25, 0.3) is 0 Å². The molecule has 1 N–H and O–H groups in total. The van der Waals surface area contributed by atoms with Gasteiger partial charge in [-0.15, -0.1) is 0 Å². The predicted octanol–water partition coefficient (Wildman–Crippen LogP) is 2.31. The van der Waals surface area contributed by atoms with Crippen LogP contribution in [0.4, 0.5) is 0 Å². The average molecular weight is 203 g/mol. The molecule has 0 bridgehead atoms. The molecule has 1 aromatic carbocycles. The average Bonchev–Trinajstić information content (AvgIpc) is 2.63. The number of aldehydes is 1. The molecule has 0 fully saturated rings.